The van der Waals surface area contributed by atoms with Crippen LogP contribution in [0.1, 0.15) is 11.1 Å². The molecule has 2 rings (SSSR count). The number of rotatable bonds is 7. The van der Waals surface area contributed by atoms with Crippen LogP contribution in [0, 0.1) is 0 Å². The number of ether oxygens (including phenoxy) is 1. The standard InChI is InChI=1S/C18H19F3N2O2/c1-25-16-8-2-13(3-9-16)10-11-22-17(24)12-23-15-6-4-14(5-7-15)18(19,20)21/h2-9,23H,10-12H2,1H3,(H,22,24). The Bertz CT molecular complexity index is 683. The molecule has 0 aliphatic heterocycles. The summed E-state index contributed by atoms with van der Waals surface area (Å²) in [4.78, 5) is 11.8. The molecule has 0 spiro atoms. The van der Waals surface area contributed by atoms with Crippen molar-refractivity contribution in [3.63, 3.8) is 0 Å². The molecule has 7 heteroatoms. The van der Waals surface area contributed by atoms with Gasteiger partial charge in [0.05, 0.1) is 19.2 Å². The lowest BCUT2D eigenvalue weighted by molar-refractivity contribution is -0.137. The van der Waals surface area contributed by atoms with Crippen molar-refractivity contribution >= 4 is 11.6 Å². The van der Waals surface area contributed by atoms with E-state index in [0.717, 1.165) is 23.4 Å². The van der Waals surface area contributed by atoms with Gasteiger partial charge in [-0.15, -0.1) is 0 Å². The molecule has 0 aliphatic rings. The van der Waals surface area contributed by atoms with Crippen LogP contribution in [0.25, 0.3) is 0 Å². The second-order valence-corrected chi connectivity index (χ2v) is 5.38. The first-order valence-electron chi connectivity index (χ1n) is 7.69. The lowest BCUT2D eigenvalue weighted by atomic mass is 10.1. The molecule has 0 aliphatic carbocycles. The molecular formula is C18H19F3N2O2. The van der Waals surface area contributed by atoms with Gasteiger partial charge >= 0.3 is 6.18 Å². The molecule has 0 saturated heterocycles. The van der Waals surface area contributed by atoms with Crippen molar-refractivity contribution in [1.29, 1.82) is 0 Å². The highest BCUT2D eigenvalue weighted by atomic mass is 19.4. The van der Waals surface area contributed by atoms with Gasteiger partial charge in [0.2, 0.25) is 5.91 Å². The van der Waals surface area contributed by atoms with Crippen molar-refractivity contribution in [2.45, 2.75) is 12.6 Å². The smallest absolute Gasteiger partial charge is 0.416 e. The van der Waals surface area contributed by atoms with E-state index in [2.05, 4.69) is 10.6 Å². The average molecular weight is 352 g/mol. The second kappa shape index (κ2) is 8.41. The summed E-state index contributed by atoms with van der Waals surface area (Å²) in [6.07, 6.45) is -3.69. The van der Waals surface area contributed by atoms with E-state index >= 15 is 0 Å². The zero-order chi connectivity index (χ0) is 18.3. The maximum Gasteiger partial charge on any atom is 0.416 e. The number of nitrogens with one attached hydrogen (secondary N) is 2. The zero-order valence-corrected chi connectivity index (χ0v) is 13.7. The van der Waals surface area contributed by atoms with Crippen LogP contribution < -0.4 is 15.4 Å². The number of anilines is 1. The van der Waals surface area contributed by atoms with Crippen molar-refractivity contribution in [3.05, 3.63) is 59.7 Å². The van der Waals surface area contributed by atoms with Crippen molar-refractivity contribution in [2.24, 2.45) is 0 Å². The predicted octanol–water partition coefficient (Wildman–Crippen LogP) is 3.48. The Labute approximate surface area is 144 Å². The first-order chi connectivity index (χ1) is 11.9. The van der Waals surface area contributed by atoms with Crippen LogP contribution in [0.15, 0.2) is 48.5 Å². The molecule has 0 unspecified atom stereocenters. The Hall–Kier alpha value is -2.70. The van der Waals surface area contributed by atoms with Crippen LogP contribution in [-0.2, 0) is 17.4 Å². The highest BCUT2D eigenvalue weighted by Crippen LogP contribution is 2.29. The summed E-state index contributed by atoms with van der Waals surface area (Å²) in [6.45, 7) is 0.466. The molecule has 0 fully saturated rings. The van der Waals surface area contributed by atoms with Gasteiger partial charge in [-0.25, -0.2) is 0 Å². The Morgan fingerprint density at radius 1 is 1.04 bits per heavy atom. The third kappa shape index (κ3) is 6.02. The van der Waals surface area contributed by atoms with Crippen molar-refractivity contribution in [1.82, 2.24) is 5.32 Å². The third-order valence-corrected chi connectivity index (χ3v) is 3.56. The van der Waals surface area contributed by atoms with Gasteiger partial charge in [-0.3, -0.25) is 4.79 Å². The molecule has 2 aromatic rings. The fraction of sp³-hybridized carbons (Fsp3) is 0.278. The van der Waals surface area contributed by atoms with Crippen LogP contribution in [0.3, 0.4) is 0 Å². The lowest BCUT2D eigenvalue weighted by Gasteiger charge is -2.10. The van der Waals surface area contributed by atoms with E-state index in [-0.39, 0.29) is 12.5 Å². The fourth-order valence-corrected chi connectivity index (χ4v) is 2.16. The van der Waals surface area contributed by atoms with Gasteiger partial charge < -0.3 is 15.4 Å². The molecule has 1 amide bonds. The van der Waals surface area contributed by atoms with Gasteiger partial charge in [0.25, 0.3) is 0 Å². The maximum absolute atomic E-state index is 12.5. The maximum atomic E-state index is 12.5. The fourth-order valence-electron chi connectivity index (χ4n) is 2.16. The van der Waals surface area contributed by atoms with Gasteiger partial charge in [-0.1, -0.05) is 12.1 Å². The molecule has 134 valence electrons. The zero-order valence-electron chi connectivity index (χ0n) is 13.7. The number of halogens is 3. The summed E-state index contributed by atoms with van der Waals surface area (Å²) in [7, 11) is 1.60. The van der Waals surface area contributed by atoms with Gasteiger partial charge in [0.15, 0.2) is 0 Å². The average Bonchev–Trinajstić information content (AvgIpc) is 2.60. The number of alkyl halides is 3. The van der Waals surface area contributed by atoms with Crippen LogP contribution in [0.5, 0.6) is 5.75 Å². The minimum absolute atomic E-state index is 0.00598. The number of benzene rings is 2. The summed E-state index contributed by atoms with van der Waals surface area (Å²) in [5.74, 6) is 0.543. The minimum Gasteiger partial charge on any atom is -0.497 e. The number of methoxy groups -OCH3 is 1. The molecule has 25 heavy (non-hydrogen) atoms. The van der Waals surface area contributed by atoms with E-state index in [1.54, 1.807) is 7.11 Å². The number of hydrogen-bond acceptors (Lipinski definition) is 3. The molecule has 0 radical (unpaired) electrons. The SMILES string of the molecule is COc1ccc(CCNC(=O)CNc2ccc(C(F)(F)F)cc2)cc1. The summed E-state index contributed by atoms with van der Waals surface area (Å²) < 4.78 is 42.5. The molecule has 2 aromatic carbocycles. The van der Waals surface area contributed by atoms with E-state index in [4.69, 9.17) is 4.74 Å². The van der Waals surface area contributed by atoms with Gasteiger partial charge in [0, 0.05) is 12.2 Å². The molecule has 0 bridgehead atoms. The summed E-state index contributed by atoms with van der Waals surface area (Å²) in [6, 6.07) is 12.1. The Morgan fingerprint density at radius 3 is 2.24 bits per heavy atom. The van der Waals surface area contributed by atoms with E-state index in [0.29, 0.717) is 18.7 Å². The molecule has 0 heterocycles. The Kier molecular flexibility index (Phi) is 6.27. The van der Waals surface area contributed by atoms with Crippen molar-refractivity contribution in [3.8, 4) is 5.75 Å². The number of carbonyl (C=O) groups is 1. The van der Waals surface area contributed by atoms with Crippen LogP contribution >= 0.6 is 0 Å². The van der Waals surface area contributed by atoms with Crippen LogP contribution in [0.4, 0.5) is 18.9 Å². The molecule has 0 saturated carbocycles. The summed E-state index contributed by atoms with van der Waals surface area (Å²) in [5, 5.41) is 5.54. The van der Waals surface area contributed by atoms with E-state index < -0.39 is 11.7 Å². The molecular weight excluding hydrogens is 333 g/mol. The predicted molar refractivity (Wildman–Crippen MR) is 89.6 cm³/mol. The van der Waals surface area contributed by atoms with Gasteiger partial charge in [-0.05, 0) is 48.4 Å². The highest BCUT2D eigenvalue weighted by Gasteiger charge is 2.29. The largest absolute Gasteiger partial charge is 0.497 e. The van der Waals surface area contributed by atoms with E-state index in [9.17, 15) is 18.0 Å². The van der Waals surface area contributed by atoms with Crippen molar-refractivity contribution in [2.75, 3.05) is 25.5 Å². The normalized spacial score (nSPS) is 11.0. The summed E-state index contributed by atoms with van der Waals surface area (Å²) >= 11 is 0. The first kappa shape index (κ1) is 18.6. The van der Waals surface area contributed by atoms with Crippen molar-refractivity contribution < 1.29 is 22.7 Å². The van der Waals surface area contributed by atoms with E-state index in [1.807, 2.05) is 24.3 Å². The highest BCUT2D eigenvalue weighted by molar-refractivity contribution is 5.80. The molecule has 0 aromatic heterocycles. The number of amides is 1. The lowest BCUT2D eigenvalue weighted by Crippen LogP contribution is -2.31. The van der Waals surface area contributed by atoms with Crippen LogP contribution in [-0.4, -0.2) is 26.1 Å². The number of carbonyl (C=O) groups excluding carboxylic acids is 1. The quantitative estimate of drug-likeness (QED) is 0.802. The minimum atomic E-state index is -4.36. The molecule has 2 N–H and O–H groups in total. The van der Waals surface area contributed by atoms with Crippen LogP contribution in [0.2, 0.25) is 0 Å². The molecule has 0 atom stereocenters. The monoisotopic (exact) mass is 352 g/mol. The first-order valence-corrected chi connectivity index (χ1v) is 7.69. The summed E-state index contributed by atoms with van der Waals surface area (Å²) in [5.41, 5.74) is 0.803. The molecule has 4 nitrogen and oxygen atoms in total. The van der Waals surface area contributed by atoms with Gasteiger partial charge in [0.1, 0.15) is 5.75 Å². The van der Waals surface area contributed by atoms with E-state index in [1.165, 1.54) is 12.1 Å². The Morgan fingerprint density at radius 2 is 1.68 bits per heavy atom. The number of hydrogen-bond donors (Lipinski definition) is 2. The second-order valence-electron chi connectivity index (χ2n) is 5.38. The van der Waals surface area contributed by atoms with Gasteiger partial charge in [-0.2, -0.15) is 13.2 Å². The Balaban J connectivity index is 1.71. The topological polar surface area (TPSA) is 50.4 Å². The third-order valence-electron chi connectivity index (χ3n) is 3.56.